The van der Waals surface area contributed by atoms with Gasteiger partial charge in [-0.1, -0.05) is 18.2 Å². The fraction of sp³-hybridized carbons (Fsp3) is 0.222. The lowest BCUT2D eigenvalue weighted by molar-refractivity contribution is -0.141. The van der Waals surface area contributed by atoms with Gasteiger partial charge < -0.3 is 9.15 Å². The molecule has 2 aromatic carbocycles. The smallest absolute Gasteiger partial charge is 0.419 e. The van der Waals surface area contributed by atoms with Crippen LogP contribution >= 0.6 is 0 Å². The van der Waals surface area contributed by atoms with Gasteiger partial charge in [-0.25, -0.2) is 18.0 Å². The highest BCUT2D eigenvalue weighted by Crippen LogP contribution is 2.37. The number of methoxy groups -OCH3 is 1. The minimum Gasteiger partial charge on any atom is -0.467 e. The zero-order valence-electron chi connectivity index (χ0n) is 14.6. The molecular weight excluding hydrogens is 372 g/mol. The first-order valence-corrected chi connectivity index (χ1v) is 9.58. The van der Waals surface area contributed by atoms with Gasteiger partial charge in [-0.05, 0) is 23.8 Å². The van der Waals surface area contributed by atoms with Crippen LogP contribution in [0.5, 0.6) is 0 Å². The van der Waals surface area contributed by atoms with Crippen molar-refractivity contribution in [2.45, 2.75) is 17.4 Å². The number of hydrogen-bond donors (Lipinski definition) is 0. The van der Waals surface area contributed by atoms with Crippen LogP contribution in [0.25, 0.3) is 11.1 Å². The van der Waals surface area contributed by atoms with Crippen molar-refractivity contribution in [1.29, 1.82) is 0 Å². The van der Waals surface area contributed by atoms with Crippen LogP contribution in [0, 0.1) is 0 Å². The predicted molar refractivity (Wildman–Crippen MR) is 97.1 cm³/mol. The van der Waals surface area contributed by atoms with E-state index in [9.17, 15) is 18.0 Å². The number of benzene rings is 2. The van der Waals surface area contributed by atoms with Crippen LogP contribution in [-0.2, 0) is 33.0 Å². The van der Waals surface area contributed by atoms with Crippen molar-refractivity contribution in [2.75, 3.05) is 11.4 Å². The van der Waals surface area contributed by atoms with Gasteiger partial charge in [0.15, 0.2) is 5.58 Å². The highest BCUT2D eigenvalue weighted by molar-refractivity contribution is 7.93. The highest BCUT2D eigenvalue weighted by atomic mass is 32.2. The number of hydrogen-bond acceptors (Lipinski definition) is 6. The SMILES string of the molecule is COC(=O)C1Cc2ccccc2N1S(=O)(=O)c1ccc2c(c1)oc(=O)n2C. The van der Waals surface area contributed by atoms with E-state index in [1.165, 1.54) is 36.9 Å². The average molecular weight is 388 g/mol. The Morgan fingerprint density at radius 1 is 1.22 bits per heavy atom. The molecule has 0 radical (unpaired) electrons. The maximum absolute atomic E-state index is 13.4. The molecule has 0 amide bonds. The number of anilines is 1. The zero-order chi connectivity index (χ0) is 19.3. The first-order chi connectivity index (χ1) is 12.8. The van der Waals surface area contributed by atoms with Crippen molar-refractivity contribution in [2.24, 2.45) is 7.05 Å². The Hall–Kier alpha value is -3.07. The standard InChI is InChI=1S/C18H16N2O6S/c1-19-14-8-7-12(10-16(14)26-18(19)22)27(23,24)20-13-6-4-3-5-11(13)9-15(20)17(21)25-2/h3-8,10,15H,9H2,1-2H3. The van der Waals surface area contributed by atoms with Crippen molar-refractivity contribution in [3.05, 3.63) is 58.6 Å². The first kappa shape index (κ1) is 17.3. The Morgan fingerprint density at radius 2 is 1.96 bits per heavy atom. The van der Waals surface area contributed by atoms with E-state index in [0.29, 0.717) is 11.2 Å². The summed E-state index contributed by atoms with van der Waals surface area (Å²) in [6.45, 7) is 0. The Labute approximate surface area is 154 Å². The van der Waals surface area contributed by atoms with Crippen LogP contribution in [0.2, 0.25) is 0 Å². The summed E-state index contributed by atoms with van der Waals surface area (Å²) >= 11 is 0. The summed E-state index contributed by atoms with van der Waals surface area (Å²) in [5, 5.41) is 0. The van der Waals surface area contributed by atoms with Gasteiger partial charge >= 0.3 is 11.7 Å². The maximum Gasteiger partial charge on any atom is 0.419 e. The second-order valence-corrected chi connectivity index (χ2v) is 8.04. The van der Waals surface area contributed by atoms with Crippen molar-refractivity contribution in [3.8, 4) is 0 Å². The number of nitrogens with zero attached hydrogens (tertiary/aromatic N) is 2. The van der Waals surface area contributed by atoms with Crippen molar-refractivity contribution >= 4 is 32.8 Å². The summed E-state index contributed by atoms with van der Waals surface area (Å²) in [7, 11) is -1.33. The molecule has 3 aromatic rings. The molecule has 1 atom stereocenters. The van der Waals surface area contributed by atoms with Crippen molar-refractivity contribution in [1.82, 2.24) is 4.57 Å². The summed E-state index contributed by atoms with van der Waals surface area (Å²) < 4.78 is 39.0. The lowest BCUT2D eigenvalue weighted by Crippen LogP contribution is -2.43. The Balaban J connectivity index is 1.89. The minimum absolute atomic E-state index is 0.0741. The normalized spacial score (nSPS) is 16.5. The van der Waals surface area contributed by atoms with Crippen LogP contribution in [-0.4, -0.2) is 32.1 Å². The molecule has 0 saturated carbocycles. The molecule has 8 nitrogen and oxygen atoms in total. The number of carbonyl (C=O) groups is 1. The number of para-hydroxylation sites is 1. The summed E-state index contributed by atoms with van der Waals surface area (Å²) in [6.07, 6.45) is 0.227. The molecule has 1 aromatic heterocycles. The molecule has 4 rings (SSSR count). The number of rotatable bonds is 3. The molecule has 9 heteroatoms. The average Bonchev–Trinajstić information content (AvgIpc) is 3.19. The number of sulfonamides is 1. The van der Waals surface area contributed by atoms with Gasteiger partial charge in [-0.15, -0.1) is 0 Å². The lowest BCUT2D eigenvalue weighted by Gasteiger charge is -2.25. The van der Waals surface area contributed by atoms with Crippen LogP contribution in [0.4, 0.5) is 5.69 Å². The monoisotopic (exact) mass is 388 g/mol. The van der Waals surface area contributed by atoms with Gasteiger partial charge in [-0.3, -0.25) is 8.87 Å². The summed E-state index contributed by atoms with van der Waals surface area (Å²) in [4.78, 5) is 23.8. The topological polar surface area (TPSA) is 98.8 Å². The maximum atomic E-state index is 13.4. The van der Waals surface area contributed by atoms with Crippen molar-refractivity contribution in [3.63, 3.8) is 0 Å². The largest absolute Gasteiger partial charge is 0.467 e. The van der Waals surface area contributed by atoms with Gasteiger partial charge in [0.2, 0.25) is 0 Å². The van der Waals surface area contributed by atoms with E-state index in [1.54, 1.807) is 24.3 Å². The van der Waals surface area contributed by atoms with Gasteiger partial charge in [0, 0.05) is 19.5 Å². The number of ether oxygens (including phenoxy) is 1. The predicted octanol–water partition coefficient (Wildman–Crippen LogP) is 1.42. The quantitative estimate of drug-likeness (QED) is 0.630. The molecular formula is C18H16N2O6S. The molecule has 2 heterocycles. The van der Waals surface area contributed by atoms with Crippen LogP contribution in [0.1, 0.15) is 5.56 Å². The highest BCUT2D eigenvalue weighted by Gasteiger charge is 2.43. The van der Waals surface area contributed by atoms with Gasteiger partial charge in [0.25, 0.3) is 10.0 Å². The third-order valence-corrected chi connectivity index (χ3v) is 6.54. The third kappa shape index (κ3) is 2.54. The van der Waals surface area contributed by atoms with E-state index in [-0.39, 0.29) is 16.9 Å². The van der Waals surface area contributed by atoms with E-state index in [1.807, 2.05) is 0 Å². The van der Waals surface area contributed by atoms with E-state index < -0.39 is 27.8 Å². The van der Waals surface area contributed by atoms with Crippen LogP contribution in [0.15, 0.2) is 56.6 Å². The number of fused-ring (bicyclic) bond motifs is 2. The van der Waals surface area contributed by atoms with Crippen molar-refractivity contribution < 1.29 is 22.4 Å². The van der Waals surface area contributed by atoms with E-state index in [0.717, 1.165) is 9.87 Å². The summed E-state index contributed by atoms with van der Waals surface area (Å²) in [5.74, 6) is -1.22. The third-order valence-electron chi connectivity index (χ3n) is 4.72. The summed E-state index contributed by atoms with van der Waals surface area (Å²) in [6, 6.07) is 10.1. The molecule has 0 N–H and O–H groups in total. The Morgan fingerprint density at radius 3 is 2.70 bits per heavy atom. The number of aryl methyl sites for hydroxylation is 1. The molecule has 0 spiro atoms. The second kappa shape index (κ2) is 5.98. The Bertz CT molecular complexity index is 1220. The molecule has 0 saturated heterocycles. The molecule has 0 aliphatic carbocycles. The lowest BCUT2D eigenvalue weighted by atomic mass is 10.1. The number of esters is 1. The van der Waals surface area contributed by atoms with E-state index >= 15 is 0 Å². The molecule has 27 heavy (non-hydrogen) atoms. The zero-order valence-corrected chi connectivity index (χ0v) is 15.4. The van der Waals surface area contributed by atoms with Crippen LogP contribution in [0.3, 0.4) is 0 Å². The molecule has 1 unspecified atom stereocenters. The number of oxazole rings is 1. The molecule has 0 fully saturated rings. The molecule has 140 valence electrons. The first-order valence-electron chi connectivity index (χ1n) is 8.14. The molecule has 1 aliphatic rings. The fourth-order valence-electron chi connectivity index (χ4n) is 3.36. The second-order valence-electron chi connectivity index (χ2n) is 6.23. The van der Waals surface area contributed by atoms with Gasteiger partial charge in [0.1, 0.15) is 6.04 Å². The van der Waals surface area contributed by atoms with Gasteiger partial charge in [0.05, 0.1) is 23.2 Å². The van der Waals surface area contributed by atoms with E-state index in [4.69, 9.17) is 9.15 Å². The summed E-state index contributed by atoms with van der Waals surface area (Å²) in [5.41, 5.74) is 1.81. The van der Waals surface area contributed by atoms with E-state index in [2.05, 4.69) is 0 Å². The molecule has 0 bridgehead atoms. The van der Waals surface area contributed by atoms with Crippen LogP contribution < -0.4 is 10.1 Å². The minimum atomic E-state index is -4.09. The fourth-order valence-corrected chi connectivity index (χ4v) is 5.01. The Kier molecular flexibility index (Phi) is 3.84. The van der Waals surface area contributed by atoms with Gasteiger partial charge in [-0.2, -0.15) is 0 Å². The molecule has 1 aliphatic heterocycles. The number of aromatic nitrogens is 1. The number of carbonyl (C=O) groups excluding carboxylic acids is 1.